The molecule has 0 aromatic heterocycles. The molecule has 3 nitrogen and oxygen atoms in total. The fourth-order valence-corrected chi connectivity index (χ4v) is 2.42. The number of benzene rings is 1. The van der Waals surface area contributed by atoms with Gasteiger partial charge >= 0.3 is 5.97 Å². The van der Waals surface area contributed by atoms with E-state index in [2.05, 4.69) is 0 Å². The maximum absolute atomic E-state index is 12.0. The van der Waals surface area contributed by atoms with Crippen LogP contribution in [0, 0.1) is 11.8 Å². The quantitative estimate of drug-likeness (QED) is 0.835. The summed E-state index contributed by atoms with van der Waals surface area (Å²) < 4.78 is 5.40. The molecular weight excluding hydrogens is 228 g/mol. The lowest BCUT2D eigenvalue weighted by Gasteiger charge is -2.19. The van der Waals surface area contributed by atoms with Gasteiger partial charge in [0.15, 0.2) is 0 Å². The molecule has 0 saturated heterocycles. The van der Waals surface area contributed by atoms with Crippen LogP contribution < -0.4 is 0 Å². The molecule has 1 N–H and O–H groups in total. The molecule has 3 atom stereocenters. The van der Waals surface area contributed by atoms with Crippen molar-refractivity contribution in [3.63, 3.8) is 0 Å². The highest BCUT2D eigenvalue weighted by atomic mass is 16.6. The molecule has 0 heterocycles. The molecule has 1 aromatic rings. The summed E-state index contributed by atoms with van der Waals surface area (Å²) in [5.41, 5.74) is 0.633. The molecule has 1 aliphatic rings. The first-order valence-corrected chi connectivity index (χ1v) is 6.32. The lowest BCUT2D eigenvalue weighted by Crippen LogP contribution is -2.25. The molecule has 2 rings (SSSR count). The smallest absolute Gasteiger partial charge is 0.310 e. The number of carbonyl (C=O) groups is 1. The Morgan fingerprint density at radius 1 is 1.28 bits per heavy atom. The Hall–Kier alpha value is -1.35. The molecule has 0 spiro atoms. The van der Waals surface area contributed by atoms with Gasteiger partial charge in [0.2, 0.25) is 0 Å². The van der Waals surface area contributed by atoms with E-state index in [1.165, 1.54) is 0 Å². The molecule has 1 saturated carbocycles. The van der Waals surface area contributed by atoms with Crippen LogP contribution in [-0.4, -0.2) is 23.3 Å². The second kappa shape index (κ2) is 4.73. The van der Waals surface area contributed by atoms with Crippen molar-refractivity contribution in [2.75, 3.05) is 6.61 Å². The summed E-state index contributed by atoms with van der Waals surface area (Å²) in [6.45, 7) is 5.61. The fourth-order valence-electron chi connectivity index (χ4n) is 2.42. The lowest BCUT2D eigenvalue weighted by molar-refractivity contribution is -0.157. The molecule has 18 heavy (non-hydrogen) atoms. The maximum atomic E-state index is 12.0. The molecule has 0 radical (unpaired) electrons. The zero-order chi connectivity index (χ0) is 13.3. The molecule has 1 aliphatic carbocycles. The van der Waals surface area contributed by atoms with Gasteiger partial charge in [-0.1, -0.05) is 30.3 Å². The number of hydrogen-bond acceptors (Lipinski definition) is 3. The van der Waals surface area contributed by atoms with Crippen molar-refractivity contribution in [2.45, 2.75) is 32.3 Å². The van der Waals surface area contributed by atoms with Gasteiger partial charge in [0.05, 0.1) is 5.92 Å². The Balaban J connectivity index is 2.09. The van der Waals surface area contributed by atoms with Crippen LogP contribution in [0.4, 0.5) is 0 Å². The van der Waals surface area contributed by atoms with Crippen LogP contribution in [0.1, 0.15) is 32.3 Å². The van der Waals surface area contributed by atoms with Crippen LogP contribution in [-0.2, 0) is 9.53 Å². The van der Waals surface area contributed by atoms with Gasteiger partial charge in [-0.25, -0.2) is 0 Å². The van der Waals surface area contributed by atoms with Gasteiger partial charge in [-0.3, -0.25) is 4.79 Å². The summed E-state index contributed by atoms with van der Waals surface area (Å²) in [6.07, 6.45) is 0. The SMILES string of the molecule is CC(C)(C)OC(=O)[C@H]1[C@@H](CO)[C@@H]1c1ccccc1. The highest BCUT2D eigenvalue weighted by Gasteiger charge is 2.56. The largest absolute Gasteiger partial charge is 0.460 e. The van der Waals surface area contributed by atoms with Crippen molar-refractivity contribution in [1.29, 1.82) is 0 Å². The first-order valence-electron chi connectivity index (χ1n) is 6.32. The van der Waals surface area contributed by atoms with E-state index in [9.17, 15) is 9.90 Å². The van der Waals surface area contributed by atoms with Crippen LogP contribution in [0.15, 0.2) is 30.3 Å². The second-order valence-corrected chi connectivity index (χ2v) is 5.84. The van der Waals surface area contributed by atoms with Crippen LogP contribution in [0.2, 0.25) is 0 Å². The fraction of sp³-hybridized carbons (Fsp3) is 0.533. The number of carbonyl (C=O) groups excluding carboxylic acids is 1. The van der Waals surface area contributed by atoms with Crippen molar-refractivity contribution in [3.8, 4) is 0 Å². The molecule has 0 amide bonds. The van der Waals surface area contributed by atoms with E-state index in [0.29, 0.717) is 0 Å². The Morgan fingerprint density at radius 2 is 1.89 bits per heavy atom. The minimum absolute atomic E-state index is 0.00208. The second-order valence-electron chi connectivity index (χ2n) is 5.84. The minimum Gasteiger partial charge on any atom is -0.460 e. The van der Waals surface area contributed by atoms with Gasteiger partial charge in [0, 0.05) is 18.4 Å². The number of aliphatic hydroxyl groups is 1. The monoisotopic (exact) mass is 248 g/mol. The number of ether oxygens (including phenoxy) is 1. The van der Waals surface area contributed by atoms with Crippen molar-refractivity contribution >= 4 is 5.97 Å². The van der Waals surface area contributed by atoms with Crippen LogP contribution >= 0.6 is 0 Å². The van der Waals surface area contributed by atoms with Gasteiger partial charge in [-0.05, 0) is 26.3 Å². The predicted molar refractivity (Wildman–Crippen MR) is 69.1 cm³/mol. The van der Waals surface area contributed by atoms with Crippen molar-refractivity contribution in [3.05, 3.63) is 35.9 Å². The zero-order valence-electron chi connectivity index (χ0n) is 11.1. The van der Waals surface area contributed by atoms with Crippen molar-refractivity contribution in [1.82, 2.24) is 0 Å². The average molecular weight is 248 g/mol. The molecule has 1 aromatic carbocycles. The van der Waals surface area contributed by atoms with E-state index in [1.54, 1.807) is 0 Å². The molecule has 98 valence electrons. The Labute approximate surface area is 108 Å². The average Bonchev–Trinajstić information content (AvgIpc) is 3.02. The molecule has 1 fully saturated rings. The lowest BCUT2D eigenvalue weighted by atomic mass is 10.1. The van der Waals surface area contributed by atoms with E-state index in [0.717, 1.165) is 5.56 Å². The van der Waals surface area contributed by atoms with Crippen molar-refractivity contribution < 1.29 is 14.6 Å². The summed E-state index contributed by atoms with van der Waals surface area (Å²) >= 11 is 0. The van der Waals surface area contributed by atoms with E-state index in [1.807, 2.05) is 51.1 Å². The Morgan fingerprint density at radius 3 is 2.39 bits per heavy atom. The number of esters is 1. The van der Waals surface area contributed by atoms with Crippen LogP contribution in [0.5, 0.6) is 0 Å². The van der Waals surface area contributed by atoms with E-state index in [-0.39, 0.29) is 30.3 Å². The predicted octanol–water partition coefficient (Wildman–Crippen LogP) is 2.35. The molecule has 0 bridgehead atoms. The number of aliphatic hydroxyl groups excluding tert-OH is 1. The van der Waals surface area contributed by atoms with Gasteiger partial charge < -0.3 is 9.84 Å². The molecule has 0 aliphatic heterocycles. The van der Waals surface area contributed by atoms with E-state index < -0.39 is 5.60 Å². The highest BCUT2D eigenvalue weighted by Crippen LogP contribution is 2.54. The number of hydrogen-bond donors (Lipinski definition) is 1. The Bertz CT molecular complexity index is 419. The summed E-state index contributed by atoms with van der Waals surface area (Å²) in [5, 5.41) is 9.35. The summed E-state index contributed by atoms with van der Waals surface area (Å²) in [6, 6.07) is 9.85. The van der Waals surface area contributed by atoms with Gasteiger partial charge in [-0.15, -0.1) is 0 Å². The zero-order valence-corrected chi connectivity index (χ0v) is 11.1. The van der Waals surface area contributed by atoms with E-state index in [4.69, 9.17) is 4.74 Å². The highest BCUT2D eigenvalue weighted by molar-refractivity contribution is 5.78. The van der Waals surface area contributed by atoms with Crippen LogP contribution in [0.25, 0.3) is 0 Å². The summed E-state index contributed by atoms with van der Waals surface area (Å²) in [7, 11) is 0. The number of rotatable bonds is 3. The molecule has 0 unspecified atom stereocenters. The summed E-state index contributed by atoms with van der Waals surface area (Å²) in [5.74, 6) is -0.291. The Kier molecular flexibility index (Phi) is 3.44. The van der Waals surface area contributed by atoms with E-state index >= 15 is 0 Å². The minimum atomic E-state index is -0.471. The first-order chi connectivity index (χ1) is 8.44. The molecule has 3 heteroatoms. The van der Waals surface area contributed by atoms with Gasteiger partial charge in [-0.2, -0.15) is 0 Å². The maximum Gasteiger partial charge on any atom is 0.310 e. The van der Waals surface area contributed by atoms with Crippen molar-refractivity contribution in [2.24, 2.45) is 11.8 Å². The standard InChI is InChI=1S/C15H20O3/c1-15(2,3)18-14(17)13-11(9-16)12(13)10-7-5-4-6-8-10/h4-8,11-13,16H,9H2,1-3H3/t11-,12-,13-/m0/s1. The normalized spacial score (nSPS) is 26.8. The van der Waals surface area contributed by atoms with Gasteiger partial charge in [0.25, 0.3) is 0 Å². The third-order valence-corrected chi connectivity index (χ3v) is 3.24. The first kappa shape index (κ1) is 13.1. The van der Waals surface area contributed by atoms with Crippen LogP contribution in [0.3, 0.4) is 0 Å². The van der Waals surface area contributed by atoms with Gasteiger partial charge in [0.1, 0.15) is 5.60 Å². The third kappa shape index (κ3) is 2.72. The summed E-state index contributed by atoms with van der Waals surface area (Å²) in [4.78, 5) is 12.0. The topological polar surface area (TPSA) is 46.5 Å². The third-order valence-electron chi connectivity index (χ3n) is 3.24. The molecular formula is C15H20O3.